The van der Waals surface area contributed by atoms with Crippen LogP contribution in [0.5, 0.6) is 0 Å². The number of hydrogen-bond acceptors (Lipinski definition) is 4. The van der Waals surface area contributed by atoms with Gasteiger partial charge in [-0.1, -0.05) is 30.3 Å². The molecule has 0 saturated heterocycles. The minimum atomic E-state index is -1.02. The van der Waals surface area contributed by atoms with Gasteiger partial charge in [-0.25, -0.2) is 4.79 Å². The zero-order valence-electron chi connectivity index (χ0n) is 14.0. The van der Waals surface area contributed by atoms with Crippen molar-refractivity contribution in [3.05, 3.63) is 35.9 Å². The van der Waals surface area contributed by atoms with Gasteiger partial charge in [0, 0.05) is 0 Å². The van der Waals surface area contributed by atoms with Gasteiger partial charge in [0.25, 0.3) is 0 Å². The molecular formula is C18H27NO4. The predicted octanol–water partition coefficient (Wildman–Crippen LogP) is 2.25. The molecule has 5 heteroatoms. The van der Waals surface area contributed by atoms with Gasteiger partial charge >= 0.3 is 6.09 Å². The van der Waals surface area contributed by atoms with E-state index in [1.54, 1.807) is 20.8 Å². The third-order valence-electron chi connectivity index (χ3n) is 3.87. The average molecular weight is 321 g/mol. The fourth-order valence-corrected chi connectivity index (χ4v) is 2.54. The molecule has 5 nitrogen and oxygen atoms in total. The number of ether oxygens (including phenoxy) is 1. The van der Waals surface area contributed by atoms with Crippen molar-refractivity contribution >= 4 is 6.09 Å². The molecule has 1 aliphatic rings. The zero-order chi connectivity index (χ0) is 17.0. The molecule has 1 aliphatic carbocycles. The van der Waals surface area contributed by atoms with Crippen molar-refractivity contribution in [1.29, 1.82) is 0 Å². The lowest BCUT2D eigenvalue weighted by molar-refractivity contribution is -0.0192. The summed E-state index contributed by atoms with van der Waals surface area (Å²) in [6.07, 6.45) is -0.148. The van der Waals surface area contributed by atoms with Gasteiger partial charge in [-0.3, -0.25) is 0 Å². The van der Waals surface area contributed by atoms with E-state index in [0.717, 1.165) is 18.4 Å². The second kappa shape index (κ2) is 7.32. The Kier molecular flexibility index (Phi) is 5.65. The van der Waals surface area contributed by atoms with E-state index in [4.69, 9.17) is 4.74 Å². The van der Waals surface area contributed by atoms with Crippen molar-refractivity contribution in [1.82, 2.24) is 5.32 Å². The van der Waals surface area contributed by atoms with Crippen LogP contribution in [0.2, 0.25) is 0 Å². The second-order valence-electron chi connectivity index (χ2n) is 7.26. The lowest BCUT2D eigenvalue weighted by Gasteiger charge is -2.29. The highest BCUT2D eigenvalue weighted by Crippen LogP contribution is 2.34. The highest BCUT2D eigenvalue weighted by atomic mass is 16.6. The van der Waals surface area contributed by atoms with Crippen molar-refractivity contribution < 1.29 is 19.7 Å². The average Bonchev–Trinajstić information content (AvgIpc) is 3.28. The first kappa shape index (κ1) is 17.8. The molecule has 0 unspecified atom stereocenters. The Labute approximate surface area is 137 Å². The number of hydrogen-bond donors (Lipinski definition) is 3. The molecule has 0 aliphatic heterocycles. The van der Waals surface area contributed by atoms with E-state index in [0.29, 0.717) is 6.42 Å². The number of carbonyl (C=O) groups excluding carboxylic acids is 1. The first-order valence-corrected chi connectivity index (χ1v) is 8.16. The first-order chi connectivity index (χ1) is 10.8. The minimum Gasteiger partial charge on any atom is -0.444 e. The maximum Gasteiger partial charge on any atom is 0.407 e. The summed E-state index contributed by atoms with van der Waals surface area (Å²) in [5.74, 6) is 0.128. The van der Waals surface area contributed by atoms with Gasteiger partial charge in [0.15, 0.2) is 0 Å². The molecule has 1 saturated carbocycles. The van der Waals surface area contributed by atoms with Crippen LogP contribution in [0, 0.1) is 5.92 Å². The highest BCUT2D eigenvalue weighted by Gasteiger charge is 2.38. The van der Waals surface area contributed by atoms with Gasteiger partial charge in [0.1, 0.15) is 11.7 Å². The molecule has 3 N–H and O–H groups in total. The molecule has 1 fully saturated rings. The van der Waals surface area contributed by atoms with E-state index in [-0.39, 0.29) is 5.92 Å². The van der Waals surface area contributed by atoms with E-state index in [1.807, 2.05) is 30.3 Å². The fraction of sp³-hybridized carbons (Fsp3) is 0.611. The van der Waals surface area contributed by atoms with E-state index in [9.17, 15) is 15.0 Å². The van der Waals surface area contributed by atoms with Crippen molar-refractivity contribution in [2.24, 2.45) is 5.92 Å². The third kappa shape index (κ3) is 5.84. The van der Waals surface area contributed by atoms with Crippen LogP contribution in [-0.4, -0.2) is 40.2 Å². The number of amides is 1. The number of aliphatic hydroxyl groups excluding tert-OH is 2. The summed E-state index contributed by atoms with van der Waals surface area (Å²) >= 11 is 0. The lowest BCUT2D eigenvalue weighted by Crippen LogP contribution is -2.51. The molecule has 23 heavy (non-hydrogen) atoms. The van der Waals surface area contributed by atoms with E-state index < -0.39 is 29.9 Å². The van der Waals surface area contributed by atoms with Crippen LogP contribution in [0.3, 0.4) is 0 Å². The Balaban J connectivity index is 2.05. The monoisotopic (exact) mass is 321 g/mol. The SMILES string of the molecule is CC(C)(C)OC(=O)N[C@@H](Cc1ccccc1)[C@@H](O)[C@@H](O)C1CC1. The maximum absolute atomic E-state index is 12.0. The molecule has 0 heterocycles. The van der Waals surface area contributed by atoms with Gasteiger partial charge in [0.2, 0.25) is 0 Å². The van der Waals surface area contributed by atoms with E-state index in [2.05, 4.69) is 5.32 Å². The normalized spacial score (nSPS) is 18.8. The van der Waals surface area contributed by atoms with Crippen molar-refractivity contribution in [2.45, 2.75) is 63.9 Å². The summed E-state index contributed by atoms with van der Waals surface area (Å²) in [6.45, 7) is 5.36. The molecule has 1 aromatic carbocycles. The largest absolute Gasteiger partial charge is 0.444 e. The Bertz CT molecular complexity index is 508. The Morgan fingerprint density at radius 3 is 2.39 bits per heavy atom. The van der Waals surface area contributed by atoms with Gasteiger partial charge < -0.3 is 20.3 Å². The van der Waals surface area contributed by atoms with Crippen molar-refractivity contribution in [2.75, 3.05) is 0 Å². The van der Waals surface area contributed by atoms with E-state index >= 15 is 0 Å². The molecule has 0 aromatic heterocycles. The summed E-state index contributed by atoms with van der Waals surface area (Å²) in [5.41, 5.74) is 0.372. The van der Waals surface area contributed by atoms with Gasteiger partial charge in [0.05, 0.1) is 12.1 Å². The smallest absolute Gasteiger partial charge is 0.407 e. The van der Waals surface area contributed by atoms with Gasteiger partial charge in [-0.15, -0.1) is 0 Å². The summed E-state index contributed by atoms with van der Waals surface area (Å²) < 4.78 is 5.27. The summed E-state index contributed by atoms with van der Waals surface area (Å²) in [4.78, 5) is 12.0. The van der Waals surface area contributed by atoms with Gasteiger partial charge in [-0.2, -0.15) is 0 Å². The topological polar surface area (TPSA) is 78.8 Å². The van der Waals surface area contributed by atoms with Crippen LogP contribution in [0.25, 0.3) is 0 Å². The standard InChI is InChI=1S/C18H27NO4/c1-18(2,3)23-17(22)19-14(11-12-7-5-4-6-8-12)16(21)15(20)13-9-10-13/h4-8,13-16,20-21H,9-11H2,1-3H3,(H,19,22)/t14-,15-,16+/m0/s1. The third-order valence-corrected chi connectivity index (χ3v) is 3.87. The summed E-state index contributed by atoms with van der Waals surface area (Å²) in [7, 11) is 0. The molecule has 0 radical (unpaired) electrons. The maximum atomic E-state index is 12.0. The van der Waals surface area contributed by atoms with Crippen molar-refractivity contribution in [3.8, 4) is 0 Å². The van der Waals surface area contributed by atoms with Crippen LogP contribution in [0.1, 0.15) is 39.2 Å². The van der Waals surface area contributed by atoms with E-state index in [1.165, 1.54) is 0 Å². The van der Waals surface area contributed by atoms with Crippen LogP contribution in [0.4, 0.5) is 4.79 Å². The number of nitrogens with one attached hydrogen (secondary N) is 1. The Hall–Kier alpha value is -1.59. The molecular weight excluding hydrogens is 294 g/mol. The summed E-state index contributed by atoms with van der Waals surface area (Å²) in [5, 5.41) is 23.4. The molecule has 3 atom stereocenters. The number of benzene rings is 1. The lowest BCUT2D eigenvalue weighted by atomic mass is 9.96. The summed E-state index contributed by atoms with van der Waals surface area (Å²) in [6, 6.07) is 8.99. The van der Waals surface area contributed by atoms with Crippen LogP contribution in [0.15, 0.2) is 30.3 Å². The van der Waals surface area contributed by atoms with Crippen LogP contribution < -0.4 is 5.32 Å². The molecule has 2 rings (SSSR count). The van der Waals surface area contributed by atoms with Crippen LogP contribution >= 0.6 is 0 Å². The highest BCUT2D eigenvalue weighted by molar-refractivity contribution is 5.68. The van der Waals surface area contributed by atoms with Crippen molar-refractivity contribution in [3.63, 3.8) is 0 Å². The van der Waals surface area contributed by atoms with Gasteiger partial charge in [-0.05, 0) is 51.5 Å². The number of rotatable bonds is 6. The molecule has 1 aromatic rings. The fourth-order valence-electron chi connectivity index (χ4n) is 2.54. The number of carbonyl (C=O) groups is 1. The molecule has 128 valence electrons. The zero-order valence-corrected chi connectivity index (χ0v) is 14.0. The predicted molar refractivity (Wildman–Crippen MR) is 88.0 cm³/mol. The second-order valence-corrected chi connectivity index (χ2v) is 7.26. The van der Waals surface area contributed by atoms with Crippen LogP contribution in [-0.2, 0) is 11.2 Å². The minimum absolute atomic E-state index is 0.128. The Morgan fingerprint density at radius 2 is 1.87 bits per heavy atom. The first-order valence-electron chi connectivity index (χ1n) is 8.16. The Morgan fingerprint density at radius 1 is 1.26 bits per heavy atom. The molecule has 1 amide bonds. The molecule has 0 spiro atoms. The number of aliphatic hydroxyl groups is 2. The number of alkyl carbamates (subject to hydrolysis) is 1. The quantitative estimate of drug-likeness (QED) is 0.751. The molecule has 0 bridgehead atoms.